The highest BCUT2D eigenvalue weighted by atomic mass is 35.5. The Bertz CT molecular complexity index is 1020. The SMILES string of the molecule is N#Cc1ccccc1Nc1nccc(C(=O)Nc2cccc(Cl)c2Cl)n1. The number of carbonyl (C=O) groups excluding carboxylic acids is 1. The molecule has 26 heavy (non-hydrogen) atoms. The van der Waals surface area contributed by atoms with Crippen molar-refractivity contribution in [2.45, 2.75) is 0 Å². The number of carbonyl (C=O) groups is 1. The topological polar surface area (TPSA) is 90.7 Å². The molecule has 1 amide bonds. The summed E-state index contributed by atoms with van der Waals surface area (Å²) >= 11 is 12.0. The number of nitrogens with one attached hydrogen (secondary N) is 2. The Balaban J connectivity index is 1.82. The maximum Gasteiger partial charge on any atom is 0.274 e. The lowest BCUT2D eigenvalue weighted by atomic mass is 10.2. The lowest BCUT2D eigenvalue weighted by molar-refractivity contribution is 0.102. The third kappa shape index (κ3) is 3.91. The second-order valence-electron chi connectivity index (χ2n) is 5.10. The van der Waals surface area contributed by atoms with Gasteiger partial charge in [-0.05, 0) is 30.3 Å². The fraction of sp³-hybridized carbons (Fsp3) is 0. The summed E-state index contributed by atoms with van der Waals surface area (Å²) in [5.41, 5.74) is 1.50. The smallest absolute Gasteiger partial charge is 0.274 e. The lowest BCUT2D eigenvalue weighted by Gasteiger charge is -2.09. The summed E-state index contributed by atoms with van der Waals surface area (Å²) in [5.74, 6) is -0.272. The Kier molecular flexibility index (Phi) is 5.32. The minimum Gasteiger partial charge on any atom is -0.323 e. The quantitative estimate of drug-likeness (QED) is 0.683. The van der Waals surface area contributed by atoms with Crippen LogP contribution in [0.1, 0.15) is 16.1 Å². The minimum absolute atomic E-state index is 0.132. The van der Waals surface area contributed by atoms with Gasteiger partial charge in [-0.1, -0.05) is 41.4 Å². The molecule has 0 spiro atoms. The van der Waals surface area contributed by atoms with Gasteiger partial charge in [0.15, 0.2) is 0 Å². The van der Waals surface area contributed by atoms with Crippen molar-refractivity contribution in [3.8, 4) is 6.07 Å². The van der Waals surface area contributed by atoms with E-state index in [1.807, 2.05) is 0 Å². The summed E-state index contributed by atoms with van der Waals surface area (Å²) in [6.07, 6.45) is 1.44. The molecule has 0 radical (unpaired) electrons. The molecule has 1 heterocycles. The number of hydrogen-bond acceptors (Lipinski definition) is 5. The van der Waals surface area contributed by atoms with E-state index in [-0.39, 0.29) is 16.7 Å². The second kappa shape index (κ2) is 7.83. The van der Waals surface area contributed by atoms with Crippen molar-refractivity contribution in [3.05, 3.63) is 76.0 Å². The van der Waals surface area contributed by atoms with Crippen molar-refractivity contribution >= 4 is 46.4 Å². The number of amides is 1. The Labute approximate surface area is 159 Å². The number of para-hydroxylation sites is 1. The maximum atomic E-state index is 12.4. The van der Waals surface area contributed by atoms with E-state index in [4.69, 9.17) is 28.5 Å². The Morgan fingerprint density at radius 1 is 1.04 bits per heavy atom. The number of benzene rings is 2. The predicted octanol–water partition coefficient (Wildman–Crippen LogP) is 4.65. The summed E-state index contributed by atoms with van der Waals surface area (Å²) in [6, 6.07) is 15.4. The summed E-state index contributed by atoms with van der Waals surface area (Å²) in [4.78, 5) is 20.7. The van der Waals surface area contributed by atoms with Gasteiger partial charge in [0.25, 0.3) is 5.91 Å². The van der Waals surface area contributed by atoms with Crippen molar-refractivity contribution in [3.63, 3.8) is 0 Å². The first-order chi connectivity index (χ1) is 12.6. The zero-order valence-electron chi connectivity index (χ0n) is 13.2. The highest BCUT2D eigenvalue weighted by molar-refractivity contribution is 6.44. The van der Waals surface area contributed by atoms with Crippen LogP contribution >= 0.6 is 23.2 Å². The molecule has 2 N–H and O–H groups in total. The number of rotatable bonds is 4. The van der Waals surface area contributed by atoms with Crippen LogP contribution in [0.3, 0.4) is 0 Å². The molecule has 0 unspecified atom stereocenters. The van der Waals surface area contributed by atoms with E-state index in [9.17, 15) is 4.79 Å². The first-order valence-electron chi connectivity index (χ1n) is 7.43. The summed E-state index contributed by atoms with van der Waals surface area (Å²) in [6.45, 7) is 0. The van der Waals surface area contributed by atoms with Crippen LogP contribution in [0, 0.1) is 11.3 Å². The average Bonchev–Trinajstić information content (AvgIpc) is 2.66. The molecule has 3 aromatic rings. The van der Waals surface area contributed by atoms with Crippen LogP contribution in [0.25, 0.3) is 0 Å². The third-order valence-corrected chi connectivity index (χ3v) is 4.20. The largest absolute Gasteiger partial charge is 0.323 e. The fourth-order valence-electron chi connectivity index (χ4n) is 2.14. The van der Waals surface area contributed by atoms with Gasteiger partial charge in [0.2, 0.25) is 5.95 Å². The molecule has 2 aromatic carbocycles. The number of nitrogens with zero attached hydrogens (tertiary/aromatic N) is 3. The highest BCUT2D eigenvalue weighted by Gasteiger charge is 2.13. The molecule has 3 rings (SSSR count). The van der Waals surface area contributed by atoms with Crippen LogP contribution < -0.4 is 10.6 Å². The molecular weight excluding hydrogens is 373 g/mol. The van der Waals surface area contributed by atoms with Crippen LogP contribution in [0.15, 0.2) is 54.7 Å². The number of anilines is 3. The number of nitriles is 1. The van der Waals surface area contributed by atoms with Crippen molar-refractivity contribution < 1.29 is 4.79 Å². The molecule has 0 aliphatic heterocycles. The van der Waals surface area contributed by atoms with Gasteiger partial charge in [-0.3, -0.25) is 4.79 Å². The average molecular weight is 384 g/mol. The monoisotopic (exact) mass is 383 g/mol. The van der Waals surface area contributed by atoms with E-state index in [0.29, 0.717) is 22.0 Å². The van der Waals surface area contributed by atoms with E-state index < -0.39 is 5.91 Å². The zero-order chi connectivity index (χ0) is 18.5. The van der Waals surface area contributed by atoms with E-state index in [0.717, 1.165) is 0 Å². The van der Waals surface area contributed by atoms with Gasteiger partial charge >= 0.3 is 0 Å². The Hall–Kier alpha value is -3.14. The van der Waals surface area contributed by atoms with Gasteiger partial charge in [-0.2, -0.15) is 5.26 Å². The third-order valence-electron chi connectivity index (χ3n) is 3.38. The van der Waals surface area contributed by atoms with Crippen molar-refractivity contribution in [1.29, 1.82) is 5.26 Å². The van der Waals surface area contributed by atoms with E-state index in [1.165, 1.54) is 12.3 Å². The van der Waals surface area contributed by atoms with Gasteiger partial charge in [0.1, 0.15) is 11.8 Å². The van der Waals surface area contributed by atoms with Crippen LogP contribution in [0.4, 0.5) is 17.3 Å². The molecular formula is C18H11Cl2N5O. The van der Waals surface area contributed by atoms with Gasteiger partial charge in [0.05, 0.1) is 27.0 Å². The fourth-order valence-corrected chi connectivity index (χ4v) is 2.49. The first kappa shape index (κ1) is 17.7. The van der Waals surface area contributed by atoms with Gasteiger partial charge in [0, 0.05) is 6.20 Å². The summed E-state index contributed by atoms with van der Waals surface area (Å²) in [7, 11) is 0. The van der Waals surface area contributed by atoms with Crippen LogP contribution in [0.5, 0.6) is 0 Å². The Morgan fingerprint density at radius 2 is 1.81 bits per heavy atom. The zero-order valence-corrected chi connectivity index (χ0v) is 14.7. The minimum atomic E-state index is -0.465. The molecule has 0 aliphatic rings. The second-order valence-corrected chi connectivity index (χ2v) is 5.89. The molecule has 0 atom stereocenters. The predicted molar refractivity (Wildman–Crippen MR) is 101 cm³/mol. The molecule has 8 heteroatoms. The van der Waals surface area contributed by atoms with Crippen molar-refractivity contribution in [1.82, 2.24) is 9.97 Å². The van der Waals surface area contributed by atoms with Crippen LogP contribution in [0.2, 0.25) is 10.0 Å². The molecule has 6 nitrogen and oxygen atoms in total. The van der Waals surface area contributed by atoms with Gasteiger partial charge in [-0.25, -0.2) is 9.97 Å². The number of aromatic nitrogens is 2. The molecule has 0 saturated carbocycles. The van der Waals surface area contributed by atoms with Gasteiger partial charge < -0.3 is 10.6 Å². The number of hydrogen-bond donors (Lipinski definition) is 2. The molecule has 0 bridgehead atoms. The molecule has 0 aliphatic carbocycles. The van der Waals surface area contributed by atoms with Crippen LogP contribution in [-0.2, 0) is 0 Å². The van der Waals surface area contributed by atoms with Gasteiger partial charge in [-0.15, -0.1) is 0 Å². The number of halogens is 2. The maximum absolute atomic E-state index is 12.4. The van der Waals surface area contributed by atoms with Crippen molar-refractivity contribution in [2.75, 3.05) is 10.6 Å². The van der Waals surface area contributed by atoms with E-state index in [2.05, 4.69) is 26.7 Å². The molecule has 1 aromatic heterocycles. The molecule has 0 saturated heterocycles. The standard InChI is InChI=1S/C18H11Cl2N5O/c19-12-5-3-7-14(16(12)20)23-17(26)15-8-9-22-18(25-15)24-13-6-2-1-4-11(13)10-21/h1-9H,(H,23,26)(H,22,24,25). The highest BCUT2D eigenvalue weighted by Crippen LogP contribution is 2.29. The summed E-state index contributed by atoms with van der Waals surface area (Å²) < 4.78 is 0. The van der Waals surface area contributed by atoms with Crippen LogP contribution in [-0.4, -0.2) is 15.9 Å². The summed E-state index contributed by atoms with van der Waals surface area (Å²) in [5, 5.41) is 15.3. The van der Waals surface area contributed by atoms with E-state index in [1.54, 1.807) is 42.5 Å². The van der Waals surface area contributed by atoms with E-state index >= 15 is 0 Å². The van der Waals surface area contributed by atoms with Crippen molar-refractivity contribution in [2.24, 2.45) is 0 Å². The lowest BCUT2D eigenvalue weighted by Crippen LogP contribution is -2.15. The normalized spacial score (nSPS) is 10.0. The Morgan fingerprint density at radius 3 is 2.62 bits per heavy atom. The molecule has 128 valence electrons. The first-order valence-corrected chi connectivity index (χ1v) is 8.18. The molecule has 0 fully saturated rings.